The minimum absolute atomic E-state index is 0.000345. The van der Waals surface area contributed by atoms with E-state index in [1.165, 1.54) is 46.4 Å². The number of halogens is 3. The van der Waals surface area contributed by atoms with E-state index < -0.39 is 17.6 Å². The Labute approximate surface area is 185 Å². The summed E-state index contributed by atoms with van der Waals surface area (Å²) in [6, 6.07) is 12.1. The van der Waals surface area contributed by atoms with Crippen LogP contribution in [0, 0.1) is 0 Å². The lowest BCUT2D eigenvalue weighted by atomic mass is 10.2. The van der Waals surface area contributed by atoms with Gasteiger partial charge in [-0.25, -0.2) is 9.67 Å². The highest BCUT2D eigenvalue weighted by molar-refractivity contribution is 7.18. The molecule has 0 bridgehead atoms. The third-order valence-electron chi connectivity index (χ3n) is 5.11. The number of fused-ring (bicyclic) bond motifs is 1. The van der Waals surface area contributed by atoms with Crippen LogP contribution in [0.1, 0.15) is 34.0 Å². The molecule has 32 heavy (non-hydrogen) atoms. The predicted octanol–water partition coefficient (Wildman–Crippen LogP) is 5.34. The third kappa shape index (κ3) is 4.05. The van der Waals surface area contributed by atoms with Crippen molar-refractivity contribution < 1.29 is 22.7 Å². The average Bonchev–Trinajstić information content (AvgIpc) is 3.41. The molecular formula is C22H19F3N4O2S. The van der Waals surface area contributed by atoms with Gasteiger partial charge in [0.05, 0.1) is 40.8 Å². The van der Waals surface area contributed by atoms with Gasteiger partial charge in [-0.15, -0.1) is 11.3 Å². The Balaban J connectivity index is 1.64. The van der Waals surface area contributed by atoms with Gasteiger partial charge >= 0.3 is 6.18 Å². The van der Waals surface area contributed by atoms with Gasteiger partial charge in [-0.05, 0) is 37.3 Å². The van der Waals surface area contributed by atoms with Gasteiger partial charge in [-0.3, -0.25) is 4.79 Å². The van der Waals surface area contributed by atoms with Crippen molar-refractivity contribution in [3.05, 3.63) is 71.0 Å². The number of amides is 1. The van der Waals surface area contributed by atoms with Crippen molar-refractivity contribution in [2.75, 3.05) is 14.2 Å². The zero-order chi connectivity index (χ0) is 23.0. The molecule has 1 amide bonds. The van der Waals surface area contributed by atoms with Crippen LogP contribution in [0.3, 0.4) is 0 Å². The normalized spacial score (nSPS) is 12.7. The molecule has 2 aromatic carbocycles. The number of ether oxygens (including phenoxy) is 1. The van der Waals surface area contributed by atoms with E-state index in [4.69, 9.17) is 4.74 Å². The highest BCUT2D eigenvalue weighted by Crippen LogP contribution is 2.32. The second-order valence-corrected chi connectivity index (χ2v) is 8.21. The van der Waals surface area contributed by atoms with Gasteiger partial charge in [0.1, 0.15) is 5.01 Å². The summed E-state index contributed by atoms with van der Waals surface area (Å²) in [6.45, 7) is 1.85. The molecule has 0 radical (unpaired) electrons. The van der Waals surface area contributed by atoms with E-state index in [1.807, 2.05) is 31.2 Å². The molecule has 4 aromatic rings. The van der Waals surface area contributed by atoms with E-state index in [2.05, 4.69) is 10.1 Å². The van der Waals surface area contributed by atoms with Gasteiger partial charge in [0.25, 0.3) is 5.91 Å². The van der Waals surface area contributed by atoms with Crippen molar-refractivity contribution in [3.63, 3.8) is 0 Å². The number of alkyl halides is 3. The number of carbonyl (C=O) groups is 1. The number of para-hydroxylation sites is 1. The van der Waals surface area contributed by atoms with Gasteiger partial charge in [-0.2, -0.15) is 18.3 Å². The van der Waals surface area contributed by atoms with Crippen LogP contribution in [0.4, 0.5) is 13.2 Å². The van der Waals surface area contributed by atoms with E-state index in [0.29, 0.717) is 0 Å². The zero-order valence-corrected chi connectivity index (χ0v) is 18.2. The Bertz CT molecular complexity index is 1250. The topological polar surface area (TPSA) is 60.3 Å². The number of nitrogens with zero attached hydrogens (tertiary/aromatic N) is 4. The van der Waals surface area contributed by atoms with Crippen molar-refractivity contribution in [1.82, 2.24) is 19.7 Å². The Morgan fingerprint density at radius 2 is 1.94 bits per heavy atom. The van der Waals surface area contributed by atoms with Crippen LogP contribution < -0.4 is 4.74 Å². The fourth-order valence-electron chi connectivity index (χ4n) is 3.19. The van der Waals surface area contributed by atoms with E-state index in [1.54, 1.807) is 7.05 Å². The minimum atomic E-state index is -4.49. The van der Waals surface area contributed by atoms with Crippen molar-refractivity contribution in [2.45, 2.75) is 19.1 Å². The lowest BCUT2D eigenvalue weighted by Crippen LogP contribution is -2.30. The molecular weight excluding hydrogens is 441 g/mol. The summed E-state index contributed by atoms with van der Waals surface area (Å²) in [5.74, 6) is -0.268. The van der Waals surface area contributed by atoms with Crippen LogP contribution in [0.15, 0.2) is 54.7 Å². The van der Waals surface area contributed by atoms with Crippen molar-refractivity contribution >= 4 is 27.5 Å². The zero-order valence-electron chi connectivity index (χ0n) is 17.4. The molecule has 166 valence electrons. The summed E-state index contributed by atoms with van der Waals surface area (Å²) >= 11 is 1.49. The largest absolute Gasteiger partial charge is 0.493 e. The van der Waals surface area contributed by atoms with Gasteiger partial charge in [0, 0.05) is 7.05 Å². The van der Waals surface area contributed by atoms with Crippen LogP contribution in [-0.4, -0.2) is 39.7 Å². The van der Waals surface area contributed by atoms with Crippen LogP contribution >= 0.6 is 11.3 Å². The lowest BCUT2D eigenvalue weighted by Gasteiger charge is -2.22. The second-order valence-electron chi connectivity index (χ2n) is 7.15. The molecule has 0 aliphatic heterocycles. The first-order valence-electron chi connectivity index (χ1n) is 9.63. The minimum Gasteiger partial charge on any atom is -0.493 e. The number of aromatic nitrogens is 3. The Morgan fingerprint density at radius 3 is 2.62 bits per heavy atom. The first-order valence-corrected chi connectivity index (χ1v) is 10.4. The number of methoxy groups -OCH3 is 1. The summed E-state index contributed by atoms with van der Waals surface area (Å²) in [5, 5.41) is 4.99. The maximum atomic E-state index is 13.2. The van der Waals surface area contributed by atoms with Crippen LogP contribution in [0.5, 0.6) is 5.75 Å². The van der Waals surface area contributed by atoms with E-state index in [0.717, 1.165) is 27.4 Å². The molecule has 6 nitrogen and oxygen atoms in total. The Hall–Kier alpha value is -3.40. The number of hydrogen-bond acceptors (Lipinski definition) is 5. The van der Waals surface area contributed by atoms with Gasteiger partial charge in [0.15, 0.2) is 11.4 Å². The fraction of sp³-hybridized carbons (Fsp3) is 0.227. The maximum absolute atomic E-state index is 13.2. The van der Waals surface area contributed by atoms with Crippen molar-refractivity contribution in [3.8, 4) is 11.4 Å². The summed E-state index contributed by atoms with van der Waals surface area (Å²) in [6.07, 6.45) is -3.10. The van der Waals surface area contributed by atoms with Crippen LogP contribution in [0.25, 0.3) is 15.9 Å². The maximum Gasteiger partial charge on any atom is 0.416 e. The molecule has 2 heterocycles. The smallest absolute Gasteiger partial charge is 0.416 e. The number of rotatable bonds is 5. The molecule has 0 aliphatic rings. The summed E-state index contributed by atoms with van der Waals surface area (Å²) < 4.78 is 46.7. The van der Waals surface area contributed by atoms with Gasteiger partial charge < -0.3 is 9.64 Å². The molecule has 0 N–H and O–H groups in total. The summed E-state index contributed by atoms with van der Waals surface area (Å²) in [4.78, 5) is 19.3. The SMILES string of the molecule is COc1cn(-c2cccc(C(F)(F)F)c2)nc1C(=O)N(C)C(C)c1nc2ccccc2s1. The molecule has 0 spiro atoms. The summed E-state index contributed by atoms with van der Waals surface area (Å²) in [5.41, 5.74) is 0.213. The molecule has 0 saturated heterocycles. The number of hydrogen-bond donors (Lipinski definition) is 0. The van der Waals surface area contributed by atoms with Crippen molar-refractivity contribution in [1.29, 1.82) is 0 Å². The molecule has 10 heteroatoms. The molecule has 0 fully saturated rings. The van der Waals surface area contributed by atoms with Gasteiger partial charge in [-0.1, -0.05) is 18.2 Å². The van der Waals surface area contributed by atoms with E-state index >= 15 is 0 Å². The Morgan fingerprint density at radius 1 is 1.19 bits per heavy atom. The number of carbonyl (C=O) groups excluding carboxylic acids is 1. The quantitative estimate of drug-likeness (QED) is 0.403. The van der Waals surface area contributed by atoms with E-state index in [9.17, 15) is 18.0 Å². The van der Waals surface area contributed by atoms with Crippen LogP contribution in [-0.2, 0) is 6.18 Å². The molecule has 1 atom stereocenters. The highest BCUT2D eigenvalue weighted by atomic mass is 32.1. The fourth-order valence-corrected chi connectivity index (χ4v) is 4.25. The first kappa shape index (κ1) is 21.8. The van der Waals surface area contributed by atoms with Gasteiger partial charge in [0.2, 0.25) is 0 Å². The highest BCUT2D eigenvalue weighted by Gasteiger charge is 2.31. The standard InChI is InChI=1S/C22H19F3N4O2S/c1-13(20-26-16-9-4-5-10-18(16)32-20)28(2)21(30)19-17(31-3)12-29(27-19)15-8-6-7-14(11-15)22(23,24)25/h4-13H,1-3H3. The molecule has 1 unspecified atom stereocenters. The number of thiazole rings is 1. The monoisotopic (exact) mass is 460 g/mol. The average molecular weight is 460 g/mol. The third-order valence-corrected chi connectivity index (χ3v) is 6.32. The second kappa shape index (κ2) is 8.27. The Kier molecular flexibility index (Phi) is 5.64. The first-order chi connectivity index (χ1) is 15.2. The van der Waals surface area contributed by atoms with E-state index in [-0.39, 0.29) is 23.2 Å². The molecule has 0 aliphatic carbocycles. The van der Waals surface area contributed by atoms with Crippen molar-refractivity contribution in [2.24, 2.45) is 0 Å². The van der Waals surface area contributed by atoms with Crippen LogP contribution in [0.2, 0.25) is 0 Å². The predicted molar refractivity (Wildman–Crippen MR) is 115 cm³/mol. The summed E-state index contributed by atoms with van der Waals surface area (Å²) in [7, 11) is 3.00. The molecule has 0 saturated carbocycles. The molecule has 4 rings (SSSR count). The lowest BCUT2D eigenvalue weighted by molar-refractivity contribution is -0.137. The number of benzene rings is 2. The molecule has 2 aromatic heterocycles.